The maximum absolute atomic E-state index is 12.8. The fraction of sp³-hybridized carbons (Fsp3) is 0.450. The number of rotatable bonds is 4. The summed E-state index contributed by atoms with van der Waals surface area (Å²) >= 11 is 0. The minimum absolute atomic E-state index is 0.00451. The van der Waals surface area contributed by atoms with Gasteiger partial charge in [-0.25, -0.2) is 14.6 Å². The average molecular weight is 393 g/mol. The Balaban J connectivity index is 1.56. The van der Waals surface area contributed by atoms with Gasteiger partial charge in [0.05, 0.1) is 0 Å². The van der Waals surface area contributed by atoms with Crippen molar-refractivity contribution in [3.63, 3.8) is 0 Å². The number of nitrogens with zero attached hydrogens (tertiary/aromatic N) is 6. The number of fused-ring (bicyclic) bond motifs is 1. The van der Waals surface area contributed by atoms with Crippen molar-refractivity contribution in [2.45, 2.75) is 31.7 Å². The number of aromatic nitrogens is 4. The van der Waals surface area contributed by atoms with Crippen LogP contribution in [0.2, 0.25) is 0 Å². The summed E-state index contributed by atoms with van der Waals surface area (Å²) in [6.07, 6.45) is 4.05. The molecule has 29 heavy (non-hydrogen) atoms. The third-order valence-electron chi connectivity index (χ3n) is 5.61. The summed E-state index contributed by atoms with van der Waals surface area (Å²) < 4.78 is 4.85. The predicted molar refractivity (Wildman–Crippen MR) is 108 cm³/mol. The molecule has 0 radical (unpaired) electrons. The molecule has 2 saturated heterocycles. The van der Waals surface area contributed by atoms with Crippen LogP contribution in [0.25, 0.3) is 11.3 Å². The fourth-order valence-electron chi connectivity index (χ4n) is 4.14. The number of anilines is 2. The first-order chi connectivity index (χ1) is 14.3. The van der Waals surface area contributed by atoms with Crippen molar-refractivity contribution < 1.29 is 9.42 Å². The maximum Gasteiger partial charge on any atom is 0.245 e. The minimum atomic E-state index is -0.360. The SMILES string of the molecule is O=C1NCCN(c2nc3nonc3nc2N2CCCCC2)[C@H]1Cc1ccccc1. The van der Waals surface area contributed by atoms with E-state index in [0.29, 0.717) is 36.6 Å². The number of benzene rings is 1. The number of carbonyl (C=O) groups is 1. The van der Waals surface area contributed by atoms with E-state index >= 15 is 0 Å². The van der Waals surface area contributed by atoms with Crippen LogP contribution >= 0.6 is 0 Å². The van der Waals surface area contributed by atoms with E-state index in [9.17, 15) is 4.79 Å². The van der Waals surface area contributed by atoms with Crippen LogP contribution in [0.3, 0.4) is 0 Å². The normalized spacial score (nSPS) is 20.1. The molecule has 9 heteroatoms. The van der Waals surface area contributed by atoms with Gasteiger partial charge in [0.2, 0.25) is 17.2 Å². The second-order valence-electron chi connectivity index (χ2n) is 7.52. The van der Waals surface area contributed by atoms with Crippen molar-refractivity contribution in [3.8, 4) is 0 Å². The Hall–Kier alpha value is -3.23. The van der Waals surface area contributed by atoms with Gasteiger partial charge in [0.25, 0.3) is 0 Å². The molecular formula is C20H23N7O2. The lowest BCUT2D eigenvalue weighted by Crippen LogP contribution is -2.57. The van der Waals surface area contributed by atoms with Crippen molar-refractivity contribution in [2.75, 3.05) is 36.0 Å². The second kappa shape index (κ2) is 7.65. The molecule has 2 fully saturated rings. The van der Waals surface area contributed by atoms with Crippen LogP contribution < -0.4 is 15.1 Å². The van der Waals surface area contributed by atoms with Gasteiger partial charge in [-0.3, -0.25) is 4.79 Å². The Morgan fingerprint density at radius 2 is 1.69 bits per heavy atom. The first-order valence-corrected chi connectivity index (χ1v) is 10.1. The van der Waals surface area contributed by atoms with Crippen LogP contribution in [-0.4, -0.2) is 58.4 Å². The highest BCUT2D eigenvalue weighted by molar-refractivity contribution is 5.88. The second-order valence-corrected chi connectivity index (χ2v) is 7.52. The lowest BCUT2D eigenvalue weighted by Gasteiger charge is -2.38. The number of piperazine rings is 1. The number of hydrogen-bond acceptors (Lipinski definition) is 8. The molecule has 2 aliphatic rings. The van der Waals surface area contributed by atoms with Crippen molar-refractivity contribution in [2.24, 2.45) is 0 Å². The van der Waals surface area contributed by atoms with Gasteiger partial charge in [-0.15, -0.1) is 0 Å². The van der Waals surface area contributed by atoms with Gasteiger partial charge in [-0.2, -0.15) is 0 Å². The third-order valence-corrected chi connectivity index (χ3v) is 5.61. The molecule has 0 spiro atoms. The molecule has 0 saturated carbocycles. The Morgan fingerprint density at radius 3 is 2.45 bits per heavy atom. The number of carbonyl (C=O) groups excluding carboxylic acids is 1. The molecule has 1 amide bonds. The largest absolute Gasteiger partial charge is 0.353 e. The van der Waals surface area contributed by atoms with E-state index in [1.165, 1.54) is 6.42 Å². The van der Waals surface area contributed by atoms with Crippen molar-refractivity contribution in [3.05, 3.63) is 35.9 Å². The van der Waals surface area contributed by atoms with Crippen LogP contribution in [0.5, 0.6) is 0 Å². The molecule has 1 N–H and O–H groups in total. The smallest absolute Gasteiger partial charge is 0.245 e. The number of piperidine rings is 1. The summed E-state index contributed by atoms with van der Waals surface area (Å²) in [6.45, 7) is 3.07. The van der Waals surface area contributed by atoms with E-state index in [0.717, 1.165) is 37.3 Å². The number of amides is 1. The standard InChI is InChI=1S/C20H23N7O2/c28-20-15(13-14-7-3-1-4-8-14)27(12-9-21-20)19-18(26-10-5-2-6-11-26)22-16-17(23-19)25-29-24-16/h1,3-4,7-8,15H,2,5-6,9-13H2,(H,21,28)/t15-/m0/s1. The van der Waals surface area contributed by atoms with E-state index in [1.54, 1.807) is 0 Å². The Bertz CT molecular complexity index is 1000. The van der Waals surface area contributed by atoms with Crippen LogP contribution in [0.15, 0.2) is 35.0 Å². The zero-order valence-corrected chi connectivity index (χ0v) is 16.1. The first-order valence-electron chi connectivity index (χ1n) is 10.1. The highest BCUT2D eigenvalue weighted by Crippen LogP contribution is 2.32. The molecular weight excluding hydrogens is 370 g/mol. The quantitative estimate of drug-likeness (QED) is 0.713. The summed E-state index contributed by atoms with van der Waals surface area (Å²) in [4.78, 5) is 26.6. The molecule has 0 aliphatic carbocycles. The van der Waals surface area contributed by atoms with Crippen LogP contribution in [0, 0.1) is 0 Å². The van der Waals surface area contributed by atoms with Crippen LogP contribution in [0.4, 0.5) is 11.6 Å². The number of hydrogen-bond donors (Lipinski definition) is 1. The molecule has 0 unspecified atom stereocenters. The summed E-state index contributed by atoms with van der Waals surface area (Å²) in [6, 6.07) is 9.69. The molecule has 2 aliphatic heterocycles. The van der Waals surface area contributed by atoms with Gasteiger partial charge in [-0.05, 0) is 35.1 Å². The van der Waals surface area contributed by atoms with Gasteiger partial charge in [0.1, 0.15) is 6.04 Å². The first kappa shape index (κ1) is 17.8. The van der Waals surface area contributed by atoms with Crippen molar-refractivity contribution in [1.29, 1.82) is 0 Å². The molecule has 1 atom stereocenters. The van der Waals surface area contributed by atoms with E-state index < -0.39 is 0 Å². The summed E-state index contributed by atoms with van der Waals surface area (Å²) in [5.74, 6) is 1.46. The molecule has 3 aromatic rings. The topological polar surface area (TPSA) is 100 Å². The highest BCUT2D eigenvalue weighted by Gasteiger charge is 2.34. The molecule has 2 aromatic heterocycles. The zero-order chi connectivity index (χ0) is 19.6. The lowest BCUT2D eigenvalue weighted by atomic mass is 10.0. The molecule has 9 nitrogen and oxygen atoms in total. The third kappa shape index (κ3) is 3.48. The van der Waals surface area contributed by atoms with Crippen molar-refractivity contribution in [1.82, 2.24) is 25.6 Å². The molecule has 0 bridgehead atoms. The van der Waals surface area contributed by atoms with Crippen LogP contribution in [0.1, 0.15) is 24.8 Å². The Labute approximate surface area is 168 Å². The van der Waals surface area contributed by atoms with Gasteiger partial charge in [-0.1, -0.05) is 30.3 Å². The highest BCUT2D eigenvalue weighted by atomic mass is 16.6. The van der Waals surface area contributed by atoms with Gasteiger partial charge < -0.3 is 15.1 Å². The van der Waals surface area contributed by atoms with Gasteiger partial charge in [0, 0.05) is 32.6 Å². The molecule has 1 aromatic carbocycles. The van der Waals surface area contributed by atoms with Crippen molar-refractivity contribution >= 4 is 28.8 Å². The number of nitrogens with one attached hydrogen (secondary N) is 1. The Kier molecular flexibility index (Phi) is 4.71. The summed E-state index contributed by atoms with van der Waals surface area (Å²) in [5.41, 5.74) is 1.87. The van der Waals surface area contributed by atoms with E-state index in [4.69, 9.17) is 14.6 Å². The monoisotopic (exact) mass is 393 g/mol. The molecule has 4 heterocycles. The lowest BCUT2D eigenvalue weighted by molar-refractivity contribution is -0.123. The molecule has 5 rings (SSSR count). The van der Waals surface area contributed by atoms with E-state index in [2.05, 4.69) is 25.4 Å². The van der Waals surface area contributed by atoms with Gasteiger partial charge >= 0.3 is 0 Å². The molecule has 150 valence electrons. The summed E-state index contributed by atoms with van der Waals surface area (Å²) in [7, 11) is 0. The maximum atomic E-state index is 12.8. The average Bonchev–Trinajstić information content (AvgIpc) is 3.23. The Morgan fingerprint density at radius 1 is 0.966 bits per heavy atom. The summed E-state index contributed by atoms with van der Waals surface area (Å²) in [5, 5.41) is 10.8. The van der Waals surface area contributed by atoms with Crippen LogP contribution in [-0.2, 0) is 11.2 Å². The van der Waals surface area contributed by atoms with E-state index in [1.807, 2.05) is 30.3 Å². The fourth-order valence-corrected chi connectivity index (χ4v) is 4.14. The van der Waals surface area contributed by atoms with E-state index in [-0.39, 0.29) is 11.9 Å². The zero-order valence-electron chi connectivity index (χ0n) is 16.1. The van der Waals surface area contributed by atoms with Gasteiger partial charge in [0.15, 0.2) is 11.6 Å². The minimum Gasteiger partial charge on any atom is -0.353 e. The predicted octanol–water partition coefficient (Wildman–Crippen LogP) is 1.55.